The third-order valence-electron chi connectivity index (χ3n) is 5.11. The van der Waals surface area contributed by atoms with Crippen molar-refractivity contribution >= 4 is 23.4 Å². The predicted molar refractivity (Wildman–Crippen MR) is 137 cm³/mol. The highest BCUT2D eigenvalue weighted by Gasteiger charge is 2.21. The van der Waals surface area contributed by atoms with Gasteiger partial charge in [0, 0.05) is 28.1 Å². The molecule has 2 heterocycles. The van der Waals surface area contributed by atoms with Crippen LogP contribution in [0.2, 0.25) is 0 Å². The molecule has 0 spiro atoms. The molecule has 0 bridgehead atoms. The second-order valence-corrected chi connectivity index (χ2v) is 9.02. The van der Waals surface area contributed by atoms with Gasteiger partial charge in [-0.05, 0) is 54.0 Å². The zero-order chi connectivity index (χ0) is 25.7. The number of benzene rings is 2. The Labute approximate surface area is 207 Å². The number of ether oxygens (including phenoxy) is 1. The maximum Gasteiger partial charge on any atom is 0.324 e. The molecule has 0 saturated heterocycles. The molecule has 11 nitrogen and oxygen atoms in total. The lowest BCUT2D eigenvalue weighted by atomic mass is 9.92. The van der Waals surface area contributed by atoms with Crippen molar-refractivity contribution in [3.05, 3.63) is 88.7 Å². The molecule has 0 unspecified atom stereocenters. The number of aromatic nitrogens is 4. The van der Waals surface area contributed by atoms with Gasteiger partial charge in [-0.2, -0.15) is 5.10 Å². The highest BCUT2D eigenvalue weighted by atomic mass is 16.5. The number of nitrogens with zero attached hydrogens (tertiary/aromatic N) is 7. The average Bonchev–Trinajstić information content (AvgIpc) is 3.25. The Morgan fingerprint density at radius 1 is 1.03 bits per heavy atom. The van der Waals surface area contributed by atoms with Gasteiger partial charge < -0.3 is 10.1 Å². The SMILES string of the molecule is Cc1ccc(-n2nc(C(C)(C)C)cc2NC(=O)Nc2ccc(Oc3cc(N=[N+]=[N-])ncn3)cc2)cc1. The fraction of sp³-hybridized carbons (Fsp3) is 0.200. The van der Waals surface area contributed by atoms with Crippen LogP contribution >= 0.6 is 0 Å². The van der Waals surface area contributed by atoms with Crippen LogP contribution in [0, 0.1) is 6.92 Å². The van der Waals surface area contributed by atoms with Gasteiger partial charge in [0.05, 0.1) is 11.4 Å². The van der Waals surface area contributed by atoms with Crippen LogP contribution in [0.3, 0.4) is 0 Å². The summed E-state index contributed by atoms with van der Waals surface area (Å²) in [7, 11) is 0. The molecule has 0 fully saturated rings. The van der Waals surface area contributed by atoms with Gasteiger partial charge in [0.25, 0.3) is 0 Å². The van der Waals surface area contributed by atoms with E-state index in [9.17, 15) is 4.79 Å². The minimum atomic E-state index is -0.410. The van der Waals surface area contributed by atoms with E-state index in [0.717, 1.165) is 16.9 Å². The number of carbonyl (C=O) groups excluding carboxylic acids is 1. The standard InChI is InChI=1S/C25H25N9O2/c1-16-5-9-18(10-6-16)34-22(13-20(32-34)25(2,3)4)30-24(35)29-17-7-11-19(12-8-17)36-23-14-21(31-33-26)27-15-28-23/h5-15H,1-4H3,(H2,29,30,35). The molecule has 4 rings (SSSR count). The number of hydrogen-bond donors (Lipinski definition) is 2. The van der Waals surface area contributed by atoms with Gasteiger partial charge in [-0.1, -0.05) is 38.5 Å². The van der Waals surface area contributed by atoms with Crippen LogP contribution in [0.4, 0.5) is 22.1 Å². The first-order valence-corrected chi connectivity index (χ1v) is 11.1. The Bertz CT molecular complexity index is 1420. The fourth-order valence-electron chi connectivity index (χ4n) is 3.21. The van der Waals surface area contributed by atoms with Crippen molar-refractivity contribution in [2.75, 3.05) is 10.6 Å². The Kier molecular flexibility index (Phi) is 6.84. The summed E-state index contributed by atoms with van der Waals surface area (Å²) in [4.78, 5) is 23.3. The molecule has 0 aliphatic heterocycles. The molecule has 182 valence electrons. The van der Waals surface area contributed by atoms with Crippen molar-refractivity contribution in [1.29, 1.82) is 0 Å². The summed E-state index contributed by atoms with van der Waals surface area (Å²) in [5, 5.41) is 13.9. The van der Waals surface area contributed by atoms with E-state index in [1.54, 1.807) is 28.9 Å². The van der Waals surface area contributed by atoms with E-state index in [2.05, 4.69) is 51.4 Å². The molecule has 0 atom stereocenters. The number of aryl methyl sites for hydroxylation is 1. The monoisotopic (exact) mass is 483 g/mol. The Morgan fingerprint density at radius 2 is 1.75 bits per heavy atom. The third kappa shape index (κ3) is 5.96. The quantitative estimate of drug-likeness (QED) is 0.179. The minimum absolute atomic E-state index is 0.150. The molecule has 4 aromatic rings. The molecular weight excluding hydrogens is 458 g/mol. The summed E-state index contributed by atoms with van der Waals surface area (Å²) in [6.45, 7) is 8.23. The van der Waals surface area contributed by atoms with Crippen molar-refractivity contribution in [1.82, 2.24) is 19.7 Å². The van der Waals surface area contributed by atoms with Crippen LogP contribution in [0.1, 0.15) is 32.0 Å². The van der Waals surface area contributed by atoms with Gasteiger partial charge in [-0.25, -0.2) is 19.4 Å². The first kappa shape index (κ1) is 24.2. The van der Waals surface area contributed by atoms with E-state index < -0.39 is 6.03 Å². The van der Waals surface area contributed by atoms with Gasteiger partial charge >= 0.3 is 6.03 Å². The Morgan fingerprint density at radius 3 is 2.42 bits per heavy atom. The van der Waals surface area contributed by atoms with Gasteiger partial charge in [-0.15, -0.1) is 0 Å². The first-order chi connectivity index (χ1) is 17.2. The number of urea groups is 1. The fourth-order valence-corrected chi connectivity index (χ4v) is 3.21. The molecule has 2 amide bonds. The molecule has 36 heavy (non-hydrogen) atoms. The van der Waals surface area contributed by atoms with Crippen molar-refractivity contribution < 1.29 is 9.53 Å². The zero-order valence-corrected chi connectivity index (χ0v) is 20.3. The topological polar surface area (TPSA) is 143 Å². The Hall–Kier alpha value is -4.89. The van der Waals surface area contributed by atoms with Crippen LogP contribution in [-0.4, -0.2) is 25.8 Å². The summed E-state index contributed by atoms with van der Waals surface area (Å²) >= 11 is 0. The van der Waals surface area contributed by atoms with E-state index in [0.29, 0.717) is 17.3 Å². The first-order valence-electron chi connectivity index (χ1n) is 11.1. The molecule has 11 heteroatoms. The maximum absolute atomic E-state index is 12.8. The van der Waals surface area contributed by atoms with Crippen LogP contribution in [0.15, 0.2) is 72.1 Å². The summed E-state index contributed by atoms with van der Waals surface area (Å²) in [5.41, 5.74) is 11.7. The van der Waals surface area contributed by atoms with Gasteiger partial charge in [0.1, 0.15) is 23.7 Å². The number of rotatable bonds is 6. The number of azide groups is 1. The number of anilines is 2. The van der Waals surface area contributed by atoms with E-state index in [4.69, 9.17) is 15.4 Å². The molecule has 2 aromatic heterocycles. The lowest BCUT2D eigenvalue weighted by Gasteiger charge is -2.14. The van der Waals surface area contributed by atoms with E-state index in [1.165, 1.54) is 12.4 Å². The number of carbonyl (C=O) groups is 1. The molecule has 0 radical (unpaired) electrons. The lowest BCUT2D eigenvalue weighted by molar-refractivity contribution is 0.262. The zero-order valence-electron chi connectivity index (χ0n) is 20.3. The number of amides is 2. The largest absolute Gasteiger partial charge is 0.439 e. The summed E-state index contributed by atoms with van der Waals surface area (Å²) in [6, 6.07) is 17.6. The average molecular weight is 484 g/mol. The smallest absolute Gasteiger partial charge is 0.324 e. The number of hydrogen-bond acceptors (Lipinski definition) is 6. The molecule has 2 N–H and O–H groups in total. The van der Waals surface area contributed by atoms with Crippen LogP contribution < -0.4 is 15.4 Å². The van der Waals surface area contributed by atoms with Gasteiger partial charge in [-0.3, -0.25) is 5.32 Å². The normalized spacial score (nSPS) is 10.9. The second-order valence-electron chi connectivity index (χ2n) is 9.02. The lowest BCUT2D eigenvalue weighted by Crippen LogP contribution is -2.21. The van der Waals surface area contributed by atoms with Crippen molar-refractivity contribution in [3.63, 3.8) is 0 Å². The summed E-state index contributed by atoms with van der Waals surface area (Å²) in [6.07, 6.45) is 1.24. The van der Waals surface area contributed by atoms with Crippen LogP contribution in [-0.2, 0) is 5.41 Å². The van der Waals surface area contributed by atoms with E-state index in [-0.39, 0.29) is 17.1 Å². The highest BCUT2D eigenvalue weighted by Crippen LogP contribution is 2.27. The molecule has 2 aromatic carbocycles. The van der Waals surface area contributed by atoms with Crippen LogP contribution in [0.5, 0.6) is 11.6 Å². The van der Waals surface area contributed by atoms with Gasteiger partial charge in [0.2, 0.25) is 5.88 Å². The maximum atomic E-state index is 12.8. The number of nitrogens with one attached hydrogen (secondary N) is 2. The summed E-state index contributed by atoms with van der Waals surface area (Å²) < 4.78 is 7.38. The molecular formula is C25H25N9O2. The Balaban J connectivity index is 1.47. The molecule has 0 saturated carbocycles. The van der Waals surface area contributed by atoms with Crippen molar-refractivity contribution in [3.8, 4) is 17.3 Å². The van der Waals surface area contributed by atoms with Crippen LogP contribution in [0.25, 0.3) is 16.1 Å². The van der Waals surface area contributed by atoms with Gasteiger partial charge in [0.15, 0.2) is 0 Å². The highest BCUT2D eigenvalue weighted by molar-refractivity contribution is 5.99. The molecule has 0 aliphatic carbocycles. The van der Waals surface area contributed by atoms with E-state index in [1.807, 2.05) is 37.3 Å². The molecule has 0 aliphatic rings. The minimum Gasteiger partial charge on any atom is -0.439 e. The third-order valence-corrected chi connectivity index (χ3v) is 5.11. The summed E-state index contributed by atoms with van der Waals surface area (Å²) in [5.74, 6) is 1.42. The van der Waals surface area contributed by atoms with E-state index >= 15 is 0 Å². The van der Waals surface area contributed by atoms with Crippen molar-refractivity contribution in [2.45, 2.75) is 33.1 Å². The van der Waals surface area contributed by atoms with Crippen molar-refractivity contribution in [2.24, 2.45) is 5.11 Å². The second kappa shape index (κ2) is 10.2. The predicted octanol–water partition coefficient (Wildman–Crippen LogP) is 6.65.